The third kappa shape index (κ3) is 3.04. The van der Waals surface area contributed by atoms with Crippen LogP contribution in [0, 0.1) is 12.7 Å². The van der Waals surface area contributed by atoms with Crippen LogP contribution in [0.4, 0.5) is 20.6 Å². The molecule has 0 radical (unpaired) electrons. The zero-order chi connectivity index (χ0) is 13.0. The quantitative estimate of drug-likeness (QED) is 0.853. The smallest absolute Gasteiger partial charge is 0.308 e. The van der Waals surface area contributed by atoms with Crippen LogP contribution in [0.25, 0.3) is 0 Å². The number of rotatable bonds is 2. The number of anilines is 2. The SMILES string of the molecule is Cc1ccc(NC(=O)Nc2ccncc2F)cc1. The third-order valence-electron chi connectivity index (χ3n) is 2.33. The van der Waals surface area contributed by atoms with E-state index in [1.807, 2.05) is 19.1 Å². The molecule has 2 amide bonds. The van der Waals surface area contributed by atoms with Crippen molar-refractivity contribution in [1.29, 1.82) is 0 Å². The lowest BCUT2D eigenvalue weighted by atomic mass is 10.2. The van der Waals surface area contributed by atoms with Crippen LogP contribution in [-0.4, -0.2) is 11.0 Å². The van der Waals surface area contributed by atoms with E-state index in [1.54, 1.807) is 12.1 Å². The number of carbonyl (C=O) groups excluding carboxylic acids is 1. The number of benzene rings is 1. The number of carbonyl (C=O) groups is 1. The van der Waals surface area contributed by atoms with Gasteiger partial charge in [0.1, 0.15) is 0 Å². The monoisotopic (exact) mass is 245 g/mol. The largest absolute Gasteiger partial charge is 0.323 e. The zero-order valence-electron chi connectivity index (χ0n) is 9.77. The lowest BCUT2D eigenvalue weighted by molar-refractivity contribution is 0.262. The van der Waals surface area contributed by atoms with Gasteiger partial charge in [-0.25, -0.2) is 9.18 Å². The number of pyridine rings is 1. The molecule has 1 heterocycles. The van der Waals surface area contributed by atoms with Crippen molar-refractivity contribution in [2.45, 2.75) is 6.92 Å². The average Bonchev–Trinajstić information content (AvgIpc) is 2.35. The van der Waals surface area contributed by atoms with Gasteiger partial charge in [-0.2, -0.15) is 0 Å². The maximum atomic E-state index is 13.2. The second-order valence-corrected chi connectivity index (χ2v) is 3.80. The van der Waals surface area contributed by atoms with Gasteiger partial charge in [0.15, 0.2) is 5.82 Å². The second-order valence-electron chi connectivity index (χ2n) is 3.80. The average molecular weight is 245 g/mol. The van der Waals surface area contributed by atoms with Crippen LogP contribution in [0.15, 0.2) is 42.7 Å². The minimum absolute atomic E-state index is 0.0922. The Hall–Kier alpha value is -2.43. The first kappa shape index (κ1) is 12.0. The summed E-state index contributed by atoms with van der Waals surface area (Å²) in [6, 6.07) is 8.20. The summed E-state index contributed by atoms with van der Waals surface area (Å²) in [6.45, 7) is 1.95. The summed E-state index contributed by atoms with van der Waals surface area (Å²) in [6.07, 6.45) is 2.45. The van der Waals surface area contributed by atoms with E-state index < -0.39 is 11.8 Å². The maximum absolute atomic E-state index is 13.2. The molecule has 0 aliphatic carbocycles. The van der Waals surface area contributed by atoms with Gasteiger partial charge in [-0.3, -0.25) is 4.98 Å². The Morgan fingerprint density at radius 3 is 2.56 bits per heavy atom. The number of aryl methyl sites for hydroxylation is 1. The lowest BCUT2D eigenvalue weighted by Gasteiger charge is -2.08. The standard InChI is InChI=1S/C13H12FN3O/c1-9-2-4-10(5-3-9)16-13(18)17-12-6-7-15-8-11(12)14/h2-8H,1H3,(H2,15,16,17,18). The van der Waals surface area contributed by atoms with Crippen LogP contribution in [-0.2, 0) is 0 Å². The molecule has 0 spiro atoms. The Balaban J connectivity index is 2.01. The highest BCUT2D eigenvalue weighted by Gasteiger charge is 2.06. The highest BCUT2D eigenvalue weighted by atomic mass is 19.1. The first-order chi connectivity index (χ1) is 8.65. The highest BCUT2D eigenvalue weighted by Crippen LogP contribution is 2.12. The van der Waals surface area contributed by atoms with Crippen LogP contribution < -0.4 is 10.6 Å². The van der Waals surface area contributed by atoms with E-state index in [9.17, 15) is 9.18 Å². The van der Waals surface area contributed by atoms with E-state index >= 15 is 0 Å². The molecule has 92 valence electrons. The van der Waals surface area contributed by atoms with Crippen molar-refractivity contribution >= 4 is 17.4 Å². The Morgan fingerprint density at radius 2 is 1.89 bits per heavy atom. The molecule has 2 rings (SSSR count). The maximum Gasteiger partial charge on any atom is 0.323 e. The predicted molar refractivity (Wildman–Crippen MR) is 68.0 cm³/mol. The lowest BCUT2D eigenvalue weighted by Crippen LogP contribution is -2.20. The van der Waals surface area contributed by atoms with Gasteiger partial charge in [0.25, 0.3) is 0 Å². The number of urea groups is 1. The number of nitrogens with one attached hydrogen (secondary N) is 2. The van der Waals surface area contributed by atoms with Gasteiger partial charge in [-0.15, -0.1) is 0 Å². The third-order valence-corrected chi connectivity index (χ3v) is 2.33. The topological polar surface area (TPSA) is 54.0 Å². The Bertz CT molecular complexity index is 554. The van der Waals surface area contributed by atoms with Crippen molar-refractivity contribution in [3.63, 3.8) is 0 Å². The van der Waals surface area contributed by atoms with E-state index in [-0.39, 0.29) is 5.69 Å². The summed E-state index contributed by atoms with van der Waals surface area (Å²) in [4.78, 5) is 15.2. The molecule has 0 atom stereocenters. The van der Waals surface area contributed by atoms with Crippen molar-refractivity contribution in [3.05, 3.63) is 54.1 Å². The number of amides is 2. The molecule has 1 aromatic heterocycles. The van der Waals surface area contributed by atoms with Crippen molar-refractivity contribution in [3.8, 4) is 0 Å². The highest BCUT2D eigenvalue weighted by molar-refractivity contribution is 5.99. The minimum atomic E-state index is -0.573. The summed E-state index contributed by atoms with van der Waals surface area (Å²) in [7, 11) is 0. The van der Waals surface area contributed by atoms with Crippen molar-refractivity contribution in [2.75, 3.05) is 10.6 Å². The fourth-order valence-corrected chi connectivity index (χ4v) is 1.40. The Morgan fingerprint density at radius 1 is 1.17 bits per heavy atom. The molecule has 0 unspecified atom stereocenters. The number of halogens is 1. The zero-order valence-corrected chi connectivity index (χ0v) is 9.77. The summed E-state index contributed by atoms with van der Waals surface area (Å²) in [5.74, 6) is -0.573. The van der Waals surface area contributed by atoms with E-state index in [1.165, 1.54) is 12.3 Å². The molecule has 0 fully saturated rings. The summed E-state index contributed by atoms with van der Waals surface area (Å²) >= 11 is 0. The van der Waals surface area contributed by atoms with E-state index in [0.717, 1.165) is 11.8 Å². The first-order valence-electron chi connectivity index (χ1n) is 5.39. The van der Waals surface area contributed by atoms with Crippen molar-refractivity contribution in [2.24, 2.45) is 0 Å². The number of aromatic nitrogens is 1. The number of hydrogen-bond acceptors (Lipinski definition) is 2. The van der Waals surface area contributed by atoms with Gasteiger partial charge >= 0.3 is 6.03 Å². The molecule has 0 bridgehead atoms. The fraction of sp³-hybridized carbons (Fsp3) is 0.0769. The van der Waals surface area contributed by atoms with Crippen molar-refractivity contribution < 1.29 is 9.18 Å². The molecule has 1 aromatic carbocycles. The van der Waals surface area contributed by atoms with Crippen LogP contribution in [0.1, 0.15) is 5.56 Å². The Labute approximate surface area is 104 Å². The fourth-order valence-electron chi connectivity index (χ4n) is 1.40. The molecule has 0 aliphatic rings. The molecule has 2 N–H and O–H groups in total. The van der Waals surface area contributed by atoms with Gasteiger partial charge in [0.05, 0.1) is 11.9 Å². The molecular weight excluding hydrogens is 233 g/mol. The number of hydrogen-bond donors (Lipinski definition) is 2. The second kappa shape index (κ2) is 5.27. The van der Waals surface area contributed by atoms with Gasteiger partial charge in [-0.1, -0.05) is 17.7 Å². The van der Waals surface area contributed by atoms with Gasteiger partial charge < -0.3 is 10.6 Å². The molecule has 0 aliphatic heterocycles. The van der Waals surface area contributed by atoms with Gasteiger partial charge in [0, 0.05) is 11.9 Å². The molecule has 4 nitrogen and oxygen atoms in total. The van der Waals surface area contributed by atoms with Crippen molar-refractivity contribution in [1.82, 2.24) is 4.98 Å². The summed E-state index contributed by atoms with van der Waals surface area (Å²) < 4.78 is 13.2. The normalized spacial score (nSPS) is 9.89. The van der Waals surface area contributed by atoms with E-state index in [4.69, 9.17) is 0 Å². The Kier molecular flexibility index (Phi) is 3.52. The van der Waals surface area contributed by atoms with Gasteiger partial charge in [-0.05, 0) is 25.1 Å². The molecule has 0 saturated carbocycles. The summed E-state index contributed by atoms with van der Waals surface area (Å²) in [5, 5.41) is 5.02. The number of nitrogens with zero attached hydrogens (tertiary/aromatic N) is 1. The molecule has 5 heteroatoms. The molecular formula is C13H12FN3O. The van der Waals surface area contributed by atoms with Crippen LogP contribution in [0.2, 0.25) is 0 Å². The summed E-state index contributed by atoms with van der Waals surface area (Å²) in [5.41, 5.74) is 1.84. The molecule has 18 heavy (non-hydrogen) atoms. The molecule has 0 saturated heterocycles. The van der Waals surface area contributed by atoms with Crippen LogP contribution in [0.5, 0.6) is 0 Å². The predicted octanol–water partition coefficient (Wildman–Crippen LogP) is 3.17. The van der Waals surface area contributed by atoms with Gasteiger partial charge in [0.2, 0.25) is 0 Å². The van der Waals surface area contributed by atoms with Crippen LogP contribution >= 0.6 is 0 Å². The minimum Gasteiger partial charge on any atom is -0.308 e. The van der Waals surface area contributed by atoms with E-state index in [0.29, 0.717) is 5.69 Å². The molecule has 2 aromatic rings. The van der Waals surface area contributed by atoms with Crippen LogP contribution in [0.3, 0.4) is 0 Å². The first-order valence-corrected chi connectivity index (χ1v) is 5.39. The van der Waals surface area contributed by atoms with E-state index in [2.05, 4.69) is 15.6 Å².